The number of fused-ring (bicyclic) bond motifs is 1. The van der Waals surface area contributed by atoms with Crippen LogP contribution in [0.25, 0.3) is 11.2 Å². The van der Waals surface area contributed by atoms with Crippen LogP contribution in [0.5, 0.6) is 0 Å². The molecule has 0 aliphatic rings. The van der Waals surface area contributed by atoms with Gasteiger partial charge in [-0.05, 0) is 12.1 Å². The van der Waals surface area contributed by atoms with E-state index < -0.39 is 0 Å². The van der Waals surface area contributed by atoms with Crippen molar-refractivity contribution in [3.05, 3.63) is 18.3 Å². The van der Waals surface area contributed by atoms with E-state index in [0.717, 1.165) is 11.2 Å². The number of pyridine rings is 1. The predicted molar refractivity (Wildman–Crippen MR) is 47.2 cm³/mol. The average molecular weight is 178 g/mol. The lowest BCUT2D eigenvalue weighted by molar-refractivity contribution is 0.184. The van der Waals surface area contributed by atoms with Gasteiger partial charge in [-0.3, -0.25) is 0 Å². The first kappa shape index (κ1) is 8.12. The van der Waals surface area contributed by atoms with Gasteiger partial charge in [-0.1, -0.05) is 5.21 Å². The number of methoxy groups -OCH3 is 1. The van der Waals surface area contributed by atoms with Crippen molar-refractivity contribution in [2.45, 2.75) is 6.54 Å². The smallest absolute Gasteiger partial charge is 0.178 e. The van der Waals surface area contributed by atoms with Gasteiger partial charge < -0.3 is 4.74 Å². The van der Waals surface area contributed by atoms with E-state index >= 15 is 0 Å². The van der Waals surface area contributed by atoms with Gasteiger partial charge in [0, 0.05) is 13.3 Å². The lowest BCUT2D eigenvalue weighted by Crippen LogP contribution is -2.06. The van der Waals surface area contributed by atoms with Gasteiger partial charge >= 0.3 is 0 Å². The highest BCUT2D eigenvalue weighted by Gasteiger charge is 2.02. The first-order valence-corrected chi connectivity index (χ1v) is 4.05. The van der Waals surface area contributed by atoms with Crippen LogP contribution in [0, 0.1) is 0 Å². The second-order valence-corrected chi connectivity index (χ2v) is 2.65. The van der Waals surface area contributed by atoms with Gasteiger partial charge in [0.15, 0.2) is 5.65 Å². The van der Waals surface area contributed by atoms with Crippen molar-refractivity contribution in [3.8, 4) is 0 Å². The summed E-state index contributed by atoms with van der Waals surface area (Å²) in [6.07, 6.45) is 1.73. The quantitative estimate of drug-likeness (QED) is 0.685. The summed E-state index contributed by atoms with van der Waals surface area (Å²) in [6, 6.07) is 3.73. The molecule has 0 N–H and O–H groups in total. The Morgan fingerprint density at radius 3 is 3.31 bits per heavy atom. The van der Waals surface area contributed by atoms with Gasteiger partial charge in [-0.25, -0.2) is 9.67 Å². The number of nitrogens with zero attached hydrogens (tertiary/aromatic N) is 4. The van der Waals surface area contributed by atoms with Crippen LogP contribution in [0.4, 0.5) is 0 Å². The van der Waals surface area contributed by atoms with Crippen LogP contribution in [-0.4, -0.2) is 33.7 Å². The molecule has 68 valence electrons. The molecule has 2 heterocycles. The minimum absolute atomic E-state index is 0.620. The Kier molecular flexibility index (Phi) is 2.18. The molecule has 0 aromatic carbocycles. The Balaban J connectivity index is 2.35. The molecule has 0 aliphatic carbocycles. The summed E-state index contributed by atoms with van der Waals surface area (Å²) in [4.78, 5) is 4.18. The molecule has 0 fully saturated rings. The average Bonchev–Trinajstić information content (AvgIpc) is 2.58. The molecule has 2 aromatic rings. The monoisotopic (exact) mass is 178 g/mol. The van der Waals surface area contributed by atoms with E-state index in [1.807, 2.05) is 12.1 Å². The third kappa shape index (κ3) is 1.50. The minimum atomic E-state index is 0.620. The van der Waals surface area contributed by atoms with Crippen LogP contribution < -0.4 is 0 Å². The number of rotatable bonds is 3. The van der Waals surface area contributed by atoms with Crippen molar-refractivity contribution in [2.24, 2.45) is 0 Å². The van der Waals surface area contributed by atoms with Gasteiger partial charge in [0.05, 0.1) is 13.2 Å². The highest BCUT2D eigenvalue weighted by atomic mass is 16.5. The van der Waals surface area contributed by atoms with Crippen LogP contribution >= 0.6 is 0 Å². The fraction of sp³-hybridized carbons (Fsp3) is 0.375. The van der Waals surface area contributed by atoms with E-state index in [-0.39, 0.29) is 0 Å². The van der Waals surface area contributed by atoms with Crippen LogP contribution in [0.1, 0.15) is 0 Å². The molecule has 0 bridgehead atoms. The molecule has 0 radical (unpaired) electrons. The fourth-order valence-electron chi connectivity index (χ4n) is 1.14. The molecule has 2 aromatic heterocycles. The largest absolute Gasteiger partial charge is 0.383 e. The zero-order valence-electron chi connectivity index (χ0n) is 7.34. The maximum absolute atomic E-state index is 4.95. The Bertz CT molecular complexity index is 398. The third-order valence-corrected chi connectivity index (χ3v) is 1.78. The first-order chi connectivity index (χ1) is 6.42. The van der Waals surface area contributed by atoms with Gasteiger partial charge in [0.25, 0.3) is 0 Å². The van der Waals surface area contributed by atoms with Crippen LogP contribution in [0.2, 0.25) is 0 Å². The summed E-state index contributed by atoms with van der Waals surface area (Å²) in [6.45, 7) is 1.30. The maximum atomic E-state index is 4.95. The molecule has 0 spiro atoms. The van der Waals surface area contributed by atoms with Crippen molar-refractivity contribution in [2.75, 3.05) is 13.7 Å². The standard InChI is InChI=1S/C8H10N4O/c1-13-6-5-12-8-7(10-11-12)3-2-4-9-8/h2-4H,5-6H2,1H3. The van der Waals surface area contributed by atoms with E-state index in [9.17, 15) is 0 Å². The predicted octanol–water partition coefficient (Wildman–Crippen LogP) is 0.473. The van der Waals surface area contributed by atoms with Crippen molar-refractivity contribution < 1.29 is 4.74 Å². The van der Waals surface area contributed by atoms with Gasteiger partial charge in [-0.15, -0.1) is 5.10 Å². The SMILES string of the molecule is COCCn1nnc2cccnc21. The fourth-order valence-corrected chi connectivity index (χ4v) is 1.14. The van der Waals surface area contributed by atoms with Crippen LogP contribution in [-0.2, 0) is 11.3 Å². The third-order valence-electron chi connectivity index (χ3n) is 1.78. The van der Waals surface area contributed by atoms with E-state index in [2.05, 4.69) is 15.3 Å². The molecule has 0 atom stereocenters. The summed E-state index contributed by atoms with van der Waals surface area (Å²) in [5, 5.41) is 7.92. The van der Waals surface area contributed by atoms with Gasteiger partial charge in [-0.2, -0.15) is 0 Å². The molecule has 5 heteroatoms. The lowest BCUT2D eigenvalue weighted by atomic mass is 10.4. The van der Waals surface area contributed by atoms with Crippen molar-refractivity contribution in [1.29, 1.82) is 0 Å². The van der Waals surface area contributed by atoms with E-state index in [1.54, 1.807) is 18.0 Å². The number of hydrogen-bond donors (Lipinski definition) is 0. The van der Waals surface area contributed by atoms with Crippen molar-refractivity contribution in [3.63, 3.8) is 0 Å². The summed E-state index contributed by atoms with van der Waals surface area (Å²) in [7, 11) is 1.66. The van der Waals surface area contributed by atoms with Gasteiger partial charge in [0.1, 0.15) is 5.52 Å². The zero-order chi connectivity index (χ0) is 9.10. The van der Waals surface area contributed by atoms with Crippen LogP contribution in [0.3, 0.4) is 0 Å². The number of ether oxygens (including phenoxy) is 1. The Morgan fingerprint density at radius 2 is 2.46 bits per heavy atom. The number of aromatic nitrogens is 4. The molecule has 0 saturated heterocycles. The Labute approximate surface area is 75.3 Å². The van der Waals surface area contributed by atoms with E-state index in [1.165, 1.54) is 0 Å². The zero-order valence-corrected chi connectivity index (χ0v) is 7.34. The number of hydrogen-bond acceptors (Lipinski definition) is 4. The highest BCUT2D eigenvalue weighted by molar-refractivity contribution is 5.68. The second kappa shape index (κ2) is 3.49. The summed E-state index contributed by atoms with van der Waals surface area (Å²) < 4.78 is 6.68. The van der Waals surface area contributed by atoms with Gasteiger partial charge in [0.2, 0.25) is 0 Å². The minimum Gasteiger partial charge on any atom is -0.383 e. The molecule has 5 nitrogen and oxygen atoms in total. The van der Waals surface area contributed by atoms with Crippen molar-refractivity contribution in [1.82, 2.24) is 20.0 Å². The van der Waals surface area contributed by atoms with Crippen LogP contribution in [0.15, 0.2) is 18.3 Å². The topological polar surface area (TPSA) is 52.8 Å². The molecule has 0 amide bonds. The molecule has 13 heavy (non-hydrogen) atoms. The first-order valence-electron chi connectivity index (χ1n) is 4.05. The van der Waals surface area contributed by atoms with E-state index in [4.69, 9.17) is 4.74 Å². The highest BCUT2D eigenvalue weighted by Crippen LogP contribution is 2.05. The summed E-state index contributed by atoms with van der Waals surface area (Å²) in [5.41, 5.74) is 1.62. The Hall–Kier alpha value is -1.49. The summed E-state index contributed by atoms with van der Waals surface area (Å²) >= 11 is 0. The molecule has 2 rings (SSSR count). The van der Waals surface area contributed by atoms with E-state index in [0.29, 0.717) is 13.2 Å². The molecular weight excluding hydrogens is 168 g/mol. The maximum Gasteiger partial charge on any atom is 0.178 e. The molecule has 0 saturated carbocycles. The molecule has 0 unspecified atom stereocenters. The lowest BCUT2D eigenvalue weighted by Gasteiger charge is -1.98. The normalized spacial score (nSPS) is 10.8. The molecule has 0 aliphatic heterocycles. The summed E-state index contributed by atoms with van der Waals surface area (Å²) in [5.74, 6) is 0. The van der Waals surface area contributed by atoms with Crippen molar-refractivity contribution >= 4 is 11.2 Å². The Morgan fingerprint density at radius 1 is 1.54 bits per heavy atom. The molecular formula is C8H10N4O. The second-order valence-electron chi connectivity index (χ2n) is 2.65.